The summed E-state index contributed by atoms with van der Waals surface area (Å²) in [7, 11) is 1.69. The van der Waals surface area contributed by atoms with Crippen molar-refractivity contribution < 1.29 is 13.9 Å². The third-order valence-electron chi connectivity index (χ3n) is 5.22. The van der Waals surface area contributed by atoms with Crippen LogP contribution in [-0.2, 0) is 11.3 Å². The minimum Gasteiger partial charge on any atom is -0.457 e. The molecule has 1 amide bonds. The van der Waals surface area contributed by atoms with Crippen LogP contribution in [0, 0.1) is 12.8 Å². The van der Waals surface area contributed by atoms with Crippen LogP contribution < -0.4 is 10.1 Å². The molecule has 0 radical (unpaired) electrons. The molecule has 4 rings (SSSR count). The van der Waals surface area contributed by atoms with E-state index in [1.165, 1.54) is 0 Å². The highest BCUT2D eigenvalue weighted by Crippen LogP contribution is 2.29. The molecule has 1 aromatic heterocycles. The van der Waals surface area contributed by atoms with Crippen molar-refractivity contribution in [2.75, 3.05) is 20.1 Å². The second-order valence-corrected chi connectivity index (χ2v) is 7.30. The van der Waals surface area contributed by atoms with E-state index < -0.39 is 0 Å². The van der Waals surface area contributed by atoms with E-state index in [4.69, 9.17) is 14.1 Å². The van der Waals surface area contributed by atoms with Gasteiger partial charge in [-0.2, -0.15) is 0 Å². The number of oxazole rings is 1. The number of aryl methyl sites for hydroxylation is 1. The number of amides is 1. The second kappa shape index (κ2) is 8.49. The molecule has 2 heterocycles. The summed E-state index contributed by atoms with van der Waals surface area (Å²) < 4.78 is 11.9. The number of aromatic nitrogens is 1. The molecule has 0 unspecified atom stereocenters. The Morgan fingerprint density at radius 1 is 1.21 bits per heavy atom. The summed E-state index contributed by atoms with van der Waals surface area (Å²) in [5.74, 6) is 3.07. The van der Waals surface area contributed by atoms with Crippen molar-refractivity contribution in [3.63, 3.8) is 0 Å². The Morgan fingerprint density at radius 2 is 2.00 bits per heavy atom. The van der Waals surface area contributed by atoms with Crippen molar-refractivity contribution in [3.05, 3.63) is 66.1 Å². The van der Waals surface area contributed by atoms with Gasteiger partial charge in [-0.15, -0.1) is 0 Å². The van der Waals surface area contributed by atoms with Crippen LogP contribution in [0.2, 0.25) is 0 Å². The zero-order valence-corrected chi connectivity index (χ0v) is 16.7. The highest BCUT2D eigenvalue weighted by Gasteiger charge is 2.28. The first kappa shape index (κ1) is 19.2. The topological polar surface area (TPSA) is 67.6 Å². The van der Waals surface area contributed by atoms with Gasteiger partial charge in [-0.1, -0.05) is 24.3 Å². The minimum absolute atomic E-state index is 0.0542. The smallest absolute Gasteiger partial charge is 0.226 e. The predicted octanol–water partition coefficient (Wildman–Crippen LogP) is 4.01. The van der Waals surface area contributed by atoms with Gasteiger partial charge in [0.1, 0.15) is 17.3 Å². The van der Waals surface area contributed by atoms with E-state index >= 15 is 0 Å². The molecule has 0 aliphatic carbocycles. The first-order valence-corrected chi connectivity index (χ1v) is 9.86. The van der Waals surface area contributed by atoms with Gasteiger partial charge in [-0.25, -0.2) is 4.98 Å². The molecule has 3 aromatic rings. The van der Waals surface area contributed by atoms with E-state index in [2.05, 4.69) is 10.2 Å². The van der Waals surface area contributed by atoms with Crippen molar-refractivity contribution in [1.82, 2.24) is 15.2 Å². The fourth-order valence-electron chi connectivity index (χ4n) is 3.62. The molecule has 1 N–H and O–H groups in total. The summed E-state index contributed by atoms with van der Waals surface area (Å²) in [6, 6.07) is 17.4. The molecule has 6 heteroatoms. The lowest BCUT2D eigenvalue weighted by molar-refractivity contribution is -0.124. The fourth-order valence-corrected chi connectivity index (χ4v) is 3.62. The molecule has 150 valence electrons. The van der Waals surface area contributed by atoms with Gasteiger partial charge < -0.3 is 14.5 Å². The standard InChI is InChI=1S/C23H25N3O3/c1-16-21(15-26-12-11-18(14-26)22(27)24-2)25-23(28-16)17-7-6-10-20(13-17)29-19-8-4-3-5-9-19/h3-10,13,18H,11-12,14-15H2,1-2H3,(H,24,27)/t18-/m1/s1. The third-order valence-corrected chi connectivity index (χ3v) is 5.22. The number of hydrogen-bond donors (Lipinski definition) is 1. The molecule has 1 aliphatic rings. The molecule has 0 bridgehead atoms. The fraction of sp³-hybridized carbons (Fsp3) is 0.304. The number of nitrogens with one attached hydrogen (secondary N) is 1. The Labute approximate surface area is 170 Å². The maximum atomic E-state index is 11.8. The molecule has 6 nitrogen and oxygen atoms in total. The van der Waals surface area contributed by atoms with Crippen molar-refractivity contribution >= 4 is 5.91 Å². The number of carbonyl (C=O) groups excluding carboxylic acids is 1. The molecular formula is C23H25N3O3. The van der Waals surface area contributed by atoms with E-state index in [-0.39, 0.29) is 11.8 Å². The molecule has 1 fully saturated rings. The number of likely N-dealkylation sites (tertiary alicyclic amines) is 1. The number of para-hydroxylation sites is 1. The number of rotatable bonds is 6. The maximum absolute atomic E-state index is 11.8. The van der Waals surface area contributed by atoms with Gasteiger partial charge in [0.05, 0.1) is 11.6 Å². The average molecular weight is 391 g/mol. The lowest BCUT2D eigenvalue weighted by atomic mass is 10.1. The monoisotopic (exact) mass is 391 g/mol. The Balaban J connectivity index is 1.47. The van der Waals surface area contributed by atoms with Crippen LogP contribution in [0.3, 0.4) is 0 Å². The molecule has 1 atom stereocenters. The molecule has 1 aliphatic heterocycles. The maximum Gasteiger partial charge on any atom is 0.226 e. The van der Waals surface area contributed by atoms with E-state index in [1.54, 1.807) is 7.05 Å². The Kier molecular flexibility index (Phi) is 5.62. The summed E-state index contributed by atoms with van der Waals surface area (Å²) in [4.78, 5) is 18.8. The van der Waals surface area contributed by atoms with Gasteiger partial charge in [-0.05, 0) is 50.2 Å². The summed E-state index contributed by atoms with van der Waals surface area (Å²) in [6.45, 7) is 4.26. The first-order valence-electron chi connectivity index (χ1n) is 9.86. The van der Waals surface area contributed by atoms with E-state index in [0.29, 0.717) is 12.4 Å². The number of nitrogens with zero attached hydrogens (tertiary/aromatic N) is 2. The summed E-state index contributed by atoms with van der Waals surface area (Å²) in [5, 5.41) is 2.74. The number of ether oxygens (including phenoxy) is 1. The minimum atomic E-state index is 0.0542. The van der Waals surface area contributed by atoms with E-state index in [0.717, 1.165) is 48.0 Å². The third kappa shape index (κ3) is 4.49. The molecule has 1 saturated heterocycles. The van der Waals surface area contributed by atoms with Gasteiger partial charge in [0.25, 0.3) is 0 Å². The summed E-state index contributed by atoms with van der Waals surface area (Å²) in [6.07, 6.45) is 0.877. The van der Waals surface area contributed by atoms with Crippen LogP contribution in [-0.4, -0.2) is 35.9 Å². The van der Waals surface area contributed by atoms with Crippen LogP contribution in [0.4, 0.5) is 0 Å². The van der Waals surface area contributed by atoms with Crippen LogP contribution in [0.1, 0.15) is 17.9 Å². The SMILES string of the molecule is CNC(=O)[C@@H]1CCN(Cc2nc(-c3cccc(Oc4ccccc4)c3)oc2C)C1. The molecule has 0 saturated carbocycles. The van der Waals surface area contributed by atoms with Crippen molar-refractivity contribution in [1.29, 1.82) is 0 Å². The lowest BCUT2D eigenvalue weighted by Gasteiger charge is -2.14. The number of hydrogen-bond acceptors (Lipinski definition) is 5. The van der Waals surface area contributed by atoms with Gasteiger partial charge in [0, 0.05) is 25.7 Å². The van der Waals surface area contributed by atoms with E-state index in [9.17, 15) is 4.79 Å². The highest BCUT2D eigenvalue weighted by molar-refractivity contribution is 5.78. The number of benzene rings is 2. The second-order valence-electron chi connectivity index (χ2n) is 7.30. The normalized spacial score (nSPS) is 16.7. The zero-order chi connectivity index (χ0) is 20.2. The number of carbonyl (C=O) groups is 1. The van der Waals surface area contributed by atoms with Gasteiger partial charge in [-0.3, -0.25) is 9.69 Å². The van der Waals surface area contributed by atoms with E-state index in [1.807, 2.05) is 61.5 Å². The van der Waals surface area contributed by atoms with Crippen LogP contribution in [0.25, 0.3) is 11.5 Å². The molecular weight excluding hydrogens is 366 g/mol. The lowest BCUT2D eigenvalue weighted by Crippen LogP contribution is -2.30. The Bertz CT molecular complexity index is 984. The largest absolute Gasteiger partial charge is 0.457 e. The Hall–Kier alpha value is -3.12. The Morgan fingerprint density at radius 3 is 2.79 bits per heavy atom. The van der Waals surface area contributed by atoms with Gasteiger partial charge >= 0.3 is 0 Å². The van der Waals surface area contributed by atoms with Crippen LogP contribution >= 0.6 is 0 Å². The van der Waals surface area contributed by atoms with Gasteiger partial charge in [0.2, 0.25) is 11.8 Å². The summed E-state index contributed by atoms with van der Waals surface area (Å²) >= 11 is 0. The first-order chi connectivity index (χ1) is 14.1. The van der Waals surface area contributed by atoms with Crippen molar-refractivity contribution in [2.45, 2.75) is 19.9 Å². The zero-order valence-electron chi connectivity index (χ0n) is 16.7. The highest BCUT2D eigenvalue weighted by atomic mass is 16.5. The average Bonchev–Trinajstić information content (AvgIpc) is 3.36. The molecule has 2 aromatic carbocycles. The van der Waals surface area contributed by atoms with Gasteiger partial charge in [0.15, 0.2) is 0 Å². The van der Waals surface area contributed by atoms with Crippen LogP contribution in [0.15, 0.2) is 59.0 Å². The van der Waals surface area contributed by atoms with Crippen molar-refractivity contribution in [2.24, 2.45) is 5.92 Å². The quantitative estimate of drug-likeness (QED) is 0.688. The van der Waals surface area contributed by atoms with Crippen LogP contribution in [0.5, 0.6) is 11.5 Å². The summed E-state index contributed by atoms with van der Waals surface area (Å²) in [5.41, 5.74) is 1.78. The predicted molar refractivity (Wildman–Crippen MR) is 111 cm³/mol. The molecule has 0 spiro atoms. The van der Waals surface area contributed by atoms with Crippen molar-refractivity contribution in [3.8, 4) is 23.0 Å². The molecule has 29 heavy (non-hydrogen) atoms.